The quantitative estimate of drug-likeness (QED) is 0.599. The third-order valence-corrected chi connectivity index (χ3v) is 3.30. The van der Waals surface area contributed by atoms with E-state index in [1.54, 1.807) is 7.05 Å². The molecule has 0 amide bonds. The van der Waals surface area contributed by atoms with Crippen LogP contribution in [-0.4, -0.2) is 33.8 Å². The van der Waals surface area contributed by atoms with Gasteiger partial charge in [0.2, 0.25) is 5.82 Å². The molecule has 1 aliphatic rings. The van der Waals surface area contributed by atoms with Crippen LogP contribution in [0.5, 0.6) is 0 Å². The minimum Gasteiger partial charge on any atom is -0.348 e. The molecule has 0 spiro atoms. The predicted molar refractivity (Wildman–Crippen MR) is 63.8 cm³/mol. The van der Waals surface area contributed by atoms with Crippen molar-refractivity contribution >= 4 is 11.5 Å². The maximum atomic E-state index is 10.9. The largest absolute Gasteiger partial charge is 0.348 e. The Kier molecular flexibility index (Phi) is 3.01. The van der Waals surface area contributed by atoms with Crippen molar-refractivity contribution in [3.63, 3.8) is 0 Å². The number of hydrogen-bond donors (Lipinski definition) is 1. The molecule has 1 aromatic rings. The van der Waals surface area contributed by atoms with Crippen LogP contribution >= 0.6 is 0 Å². The number of nitrogens with zero attached hydrogens (tertiary/aromatic N) is 4. The molecule has 2 N–H and O–H groups in total. The van der Waals surface area contributed by atoms with Crippen LogP contribution in [0.3, 0.4) is 0 Å². The van der Waals surface area contributed by atoms with Crippen LogP contribution in [0.2, 0.25) is 0 Å². The van der Waals surface area contributed by atoms with Gasteiger partial charge in [-0.15, -0.1) is 5.10 Å². The zero-order chi connectivity index (χ0) is 12.6. The van der Waals surface area contributed by atoms with Crippen molar-refractivity contribution in [3.05, 3.63) is 16.3 Å². The number of aromatic nitrogens is 2. The zero-order valence-corrected chi connectivity index (χ0v) is 10.0. The molecule has 1 saturated heterocycles. The molecule has 2 rings (SSSR count). The average molecular weight is 239 g/mol. The van der Waals surface area contributed by atoms with Gasteiger partial charge in [-0.3, -0.25) is 14.8 Å². The van der Waals surface area contributed by atoms with Crippen molar-refractivity contribution in [2.75, 3.05) is 18.0 Å². The van der Waals surface area contributed by atoms with E-state index in [9.17, 15) is 10.1 Å². The Balaban J connectivity index is 2.25. The number of nitro groups is 1. The fourth-order valence-corrected chi connectivity index (χ4v) is 2.11. The SMILES string of the molecule is CC1CCN(c2nn(C)cc2[N+](=O)[O-])CC1N. The smallest absolute Gasteiger partial charge is 0.330 e. The van der Waals surface area contributed by atoms with Gasteiger partial charge in [0.05, 0.1) is 4.92 Å². The second kappa shape index (κ2) is 4.33. The standard InChI is InChI=1S/C10H17N5O2/c1-7-3-4-14(5-8(7)11)10-9(15(16)17)6-13(2)12-10/h6-8H,3-5,11H2,1-2H3. The first kappa shape index (κ1) is 11.8. The van der Waals surface area contributed by atoms with Gasteiger partial charge in [0.1, 0.15) is 6.20 Å². The third kappa shape index (κ3) is 2.23. The summed E-state index contributed by atoms with van der Waals surface area (Å²) in [5.41, 5.74) is 6.04. The van der Waals surface area contributed by atoms with Crippen molar-refractivity contribution in [1.82, 2.24) is 9.78 Å². The van der Waals surface area contributed by atoms with Crippen molar-refractivity contribution in [1.29, 1.82) is 0 Å². The average Bonchev–Trinajstić information content (AvgIpc) is 2.64. The molecule has 2 unspecified atom stereocenters. The number of hydrogen-bond acceptors (Lipinski definition) is 5. The molecular formula is C10H17N5O2. The van der Waals surface area contributed by atoms with Crippen molar-refractivity contribution < 1.29 is 4.92 Å². The van der Waals surface area contributed by atoms with Crippen LogP contribution < -0.4 is 10.6 Å². The summed E-state index contributed by atoms with van der Waals surface area (Å²) in [7, 11) is 1.68. The highest BCUT2D eigenvalue weighted by Crippen LogP contribution is 2.29. The summed E-state index contributed by atoms with van der Waals surface area (Å²) in [6.45, 7) is 3.50. The van der Waals surface area contributed by atoms with Crippen molar-refractivity contribution in [3.8, 4) is 0 Å². The molecule has 1 fully saturated rings. The highest BCUT2D eigenvalue weighted by Gasteiger charge is 2.30. The number of piperidine rings is 1. The summed E-state index contributed by atoms with van der Waals surface area (Å²) >= 11 is 0. The lowest BCUT2D eigenvalue weighted by atomic mass is 9.94. The first-order valence-electron chi connectivity index (χ1n) is 5.67. The molecule has 1 aliphatic heterocycles. The zero-order valence-electron chi connectivity index (χ0n) is 10.0. The Labute approximate surface area is 99.3 Å². The highest BCUT2D eigenvalue weighted by atomic mass is 16.6. The second-order valence-electron chi connectivity index (χ2n) is 4.64. The molecule has 0 bridgehead atoms. The lowest BCUT2D eigenvalue weighted by Gasteiger charge is -2.34. The fraction of sp³-hybridized carbons (Fsp3) is 0.700. The lowest BCUT2D eigenvalue weighted by Crippen LogP contribution is -2.47. The monoisotopic (exact) mass is 239 g/mol. The van der Waals surface area contributed by atoms with Gasteiger partial charge in [-0.1, -0.05) is 6.92 Å². The molecule has 0 aliphatic carbocycles. The Morgan fingerprint density at radius 1 is 1.65 bits per heavy atom. The van der Waals surface area contributed by atoms with E-state index in [0.717, 1.165) is 13.0 Å². The minimum absolute atomic E-state index is 0.0466. The van der Waals surface area contributed by atoms with Crippen molar-refractivity contribution in [2.45, 2.75) is 19.4 Å². The second-order valence-corrected chi connectivity index (χ2v) is 4.64. The van der Waals surface area contributed by atoms with Crippen LogP contribution in [0, 0.1) is 16.0 Å². The molecule has 2 heterocycles. The fourth-order valence-electron chi connectivity index (χ4n) is 2.11. The van der Waals surface area contributed by atoms with E-state index in [1.165, 1.54) is 10.9 Å². The number of anilines is 1. The Morgan fingerprint density at radius 3 is 2.94 bits per heavy atom. The molecule has 1 aromatic heterocycles. The number of nitrogens with two attached hydrogens (primary N) is 1. The molecular weight excluding hydrogens is 222 g/mol. The molecule has 94 valence electrons. The summed E-state index contributed by atoms with van der Waals surface area (Å²) < 4.78 is 1.47. The van der Waals surface area contributed by atoms with Crippen LogP contribution in [0.25, 0.3) is 0 Å². The van der Waals surface area contributed by atoms with E-state index in [-0.39, 0.29) is 11.7 Å². The van der Waals surface area contributed by atoms with Gasteiger partial charge in [-0.05, 0) is 12.3 Å². The summed E-state index contributed by atoms with van der Waals surface area (Å²) in [4.78, 5) is 12.4. The Bertz CT molecular complexity index is 430. The highest BCUT2D eigenvalue weighted by molar-refractivity contribution is 5.57. The van der Waals surface area contributed by atoms with E-state index >= 15 is 0 Å². The minimum atomic E-state index is -0.397. The maximum absolute atomic E-state index is 10.9. The van der Waals surface area contributed by atoms with Gasteiger partial charge < -0.3 is 10.6 Å². The number of rotatable bonds is 2. The molecule has 17 heavy (non-hydrogen) atoms. The van der Waals surface area contributed by atoms with E-state index in [4.69, 9.17) is 5.73 Å². The maximum Gasteiger partial charge on any atom is 0.330 e. The van der Waals surface area contributed by atoms with Crippen molar-refractivity contribution in [2.24, 2.45) is 18.7 Å². The lowest BCUT2D eigenvalue weighted by molar-refractivity contribution is -0.384. The topological polar surface area (TPSA) is 90.2 Å². The van der Waals surface area contributed by atoms with Gasteiger partial charge in [-0.2, -0.15) is 0 Å². The molecule has 0 radical (unpaired) electrons. The predicted octanol–water partition coefficient (Wildman–Crippen LogP) is 0.502. The molecule has 2 atom stereocenters. The first-order valence-corrected chi connectivity index (χ1v) is 5.67. The Morgan fingerprint density at radius 2 is 2.35 bits per heavy atom. The molecule has 7 nitrogen and oxygen atoms in total. The van der Waals surface area contributed by atoms with Crippen LogP contribution in [0.1, 0.15) is 13.3 Å². The summed E-state index contributed by atoms with van der Waals surface area (Å²) in [6.07, 6.45) is 2.37. The van der Waals surface area contributed by atoms with E-state index in [0.29, 0.717) is 18.3 Å². The normalized spacial score (nSPS) is 25.0. The molecule has 7 heteroatoms. The van der Waals surface area contributed by atoms with Crippen LogP contribution in [0.15, 0.2) is 6.20 Å². The summed E-state index contributed by atoms with van der Waals surface area (Å²) in [5.74, 6) is 0.883. The third-order valence-electron chi connectivity index (χ3n) is 3.30. The van der Waals surface area contributed by atoms with Gasteiger partial charge in [-0.25, -0.2) is 0 Å². The molecule has 0 saturated carbocycles. The van der Waals surface area contributed by atoms with E-state index < -0.39 is 4.92 Å². The van der Waals surface area contributed by atoms with Gasteiger partial charge >= 0.3 is 5.69 Å². The van der Waals surface area contributed by atoms with Crippen LogP contribution in [-0.2, 0) is 7.05 Å². The van der Waals surface area contributed by atoms with E-state index in [2.05, 4.69) is 12.0 Å². The summed E-state index contributed by atoms with van der Waals surface area (Å²) in [6, 6.07) is 0.0466. The van der Waals surface area contributed by atoms with Crippen LogP contribution in [0.4, 0.5) is 11.5 Å². The van der Waals surface area contributed by atoms with Gasteiger partial charge in [0, 0.05) is 26.2 Å². The van der Waals surface area contributed by atoms with Gasteiger partial charge in [0.15, 0.2) is 0 Å². The number of aryl methyl sites for hydroxylation is 1. The first-order chi connectivity index (χ1) is 7.99. The molecule has 0 aromatic carbocycles. The van der Waals surface area contributed by atoms with E-state index in [1.807, 2.05) is 4.90 Å². The summed E-state index contributed by atoms with van der Waals surface area (Å²) in [5, 5.41) is 15.1. The Hall–Kier alpha value is -1.63. The van der Waals surface area contributed by atoms with Gasteiger partial charge in [0.25, 0.3) is 0 Å².